The summed E-state index contributed by atoms with van der Waals surface area (Å²) in [6, 6.07) is 1.23. The Hall–Kier alpha value is -3.27. The number of aromatic nitrogens is 2. The van der Waals surface area contributed by atoms with Crippen molar-refractivity contribution in [3.05, 3.63) is 63.8 Å². The van der Waals surface area contributed by atoms with Crippen molar-refractivity contribution in [2.24, 2.45) is 58.4 Å². The van der Waals surface area contributed by atoms with Crippen molar-refractivity contribution in [3.63, 3.8) is 0 Å². The molecule has 0 saturated heterocycles. The molecule has 11 heteroatoms. The monoisotopic (exact) mass is 512 g/mol. The maximum absolute atomic E-state index is 14.5. The number of methoxy groups -OCH3 is 1. The second kappa shape index (κ2) is 5.99. The second-order valence-corrected chi connectivity index (χ2v) is 11.1. The number of carboxylic acids is 1. The van der Waals surface area contributed by atoms with E-state index in [1.165, 1.54) is 13.2 Å². The zero-order chi connectivity index (χ0) is 25.0. The van der Waals surface area contributed by atoms with Crippen molar-refractivity contribution in [2.45, 2.75) is 6.04 Å². The molecule has 9 rings (SSSR count). The lowest BCUT2D eigenvalue weighted by Gasteiger charge is -3.10. The number of rotatable bonds is 5. The zero-order valence-corrected chi connectivity index (χ0v) is 19.8. The minimum absolute atomic E-state index is 0.115. The number of amidine groups is 1. The first-order chi connectivity index (χ1) is 17.2. The van der Waals surface area contributed by atoms with Gasteiger partial charge in [0.05, 0.1) is 23.1 Å². The number of aliphatic carboxylic acids is 1. The van der Waals surface area contributed by atoms with E-state index in [1.807, 2.05) is 0 Å². The van der Waals surface area contributed by atoms with Crippen LogP contribution in [0.4, 0.5) is 8.78 Å². The van der Waals surface area contributed by atoms with Crippen LogP contribution in [0.5, 0.6) is 0 Å². The Morgan fingerprint density at radius 1 is 1.17 bits per heavy atom. The Labute approximate surface area is 208 Å². The van der Waals surface area contributed by atoms with Crippen molar-refractivity contribution in [3.8, 4) is 0 Å². The molecule has 0 spiro atoms. The predicted octanol–water partition coefficient (Wildman–Crippen LogP) is 2.69. The van der Waals surface area contributed by atoms with Crippen LogP contribution in [-0.2, 0) is 21.4 Å². The largest absolute Gasteiger partial charge is 0.481 e. The van der Waals surface area contributed by atoms with Crippen LogP contribution in [0.2, 0.25) is 5.02 Å². The number of carbonyl (C=O) groups is 2. The maximum atomic E-state index is 14.5. The highest BCUT2D eigenvalue weighted by Gasteiger charge is 3.12. The molecular formula is C25H19ClF2N4O4. The third-order valence-corrected chi connectivity index (χ3v) is 10.7. The summed E-state index contributed by atoms with van der Waals surface area (Å²) in [7, 11) is 3.06. The second-order valence-electron chi connectivity index (χ2n) is 10.7. The smallest absolute Gasteiger partial charge is 0.338 e. The standard InChI is InChI=1S/C25H19ClF2N4O4/c1-32-6-5-29-21(32)20-30-18(7-3-4-8(27)17(28)16(7)26)9(22(33)36-2)19(31-20)24-10-13-11(24)15-12(24)14(10)25(13,15)23(34)35/h3-6,10-15,18H,1-2H3,(H,30,31)(H,34,35)/t10?,11?,12?,13?,14?,15?,18-,24?,25?/m0/s1. The van der Waals surface area contributed by atoms with Crippen LogP contribution < -0.4 is 5.32 Å². The number of imidazole rings is 1. The van der Waals surface area contributed by atoms with Gasteiger partial charge in [-0.3, -0.25) is 9.79 Å². The van der Waals surface area contributed by atoms with E-state index in [0.717, 1.165) is 6.07 Å². The summed E-state index contributed by atoms with van der Waals surface area (Å²) in [5, 5.41) is 12.8. The van der Waals surface area contributed by atoms with Crippen molar-refractivity contribution in [1.29, 1.82) is 0 Å². The summed E-state index contributed by atoms with van der Waals surface area (Å²) in [5.74, 6) is -1.96. The van der Waals surface area contributed by atoms with Crippen LogP contribution in [0, 0.1) is 58.0 Å². The number of carboxylic acid groups (broad SMARTS) is 1. The molecule has 6 saturated carbocycles. The highest BCUT2D eigenvalue weighted by atomic mass is 35.5. The molecule has 0 amide bonds. The number of ether oxygens (including phenoxy) is 1. The fourth-order valence-electron chi connectivity index (χ4n) is 9.35. The van der Waals surface area contributed by atoms with Gasteiger partial charge >= 0.3 is 11.9 Å². The van der Waals surface area contributed by atoms with Gasteiger partial charge in [-0.25, -0.2) is 18.6 Å². The number of esters is 1. The Bertz CT molecular complexity index is 1480. The molecule has 2 heterocycles. The first-order valence-corrected chi connectivity index (χ1v) is 12.1. The van der Waals surface area contributed by atoms with Gasteiger partial charge in [0.1, 0.15) is 6.04 Å². The summed E-state index contributed by atoms with van der Waals surface area (Å²) >= 11 is 6.26. The number of halogens is 3. The number of hydrogen-bond donors (Lipinski definition) is 2. The molecule has 6 fully saturated rings. The Morgan fingerprint density at radius 2 is 1.83 bits per heavy atom. The number of nitrogens with one attached hydrogen (secondary N) is 1. The van der Waals surface area contributed by atoms with E-state index in [1.54, 1.807) is 24.0 Å². The van der Waals surface area contributed by atoms with Crippen LogP contribution in [0.25, 0.3) is 0 Å². The summed E-state index contributed by atoms with van der Waals surface area (Å²) in [5.41, 5.74) is 0.0256. The fourth-order valence-corrected chi connectivity index (χ4v) is 9.61. The van der Waals surface area contributed by atoms with E-state index in [2.05, 4.69) is 10.3 Å². The average Bonchev–Trinajstić information content (AvgIpc) is 3.31. The van der Waals surface area contributed by atoms with E-state index in [9.17, 15) is 23.5 Å². The summed E-state index contributed by atoms with van der Waals surface area (Å²) in [6.07, 6.45) is 3.36. The molecule has 6 aliphatic carbocycles. The lowest BCUT2D eigenvalue weighted by Crippen LogP contribution is -3.11. The van der Waals surface area contributed by atoms with Crippen LogP contribution >= 0.6 is 11.6 Å². The van der Waals surface area contributed by atoms with E-state index in [4.69, 9.17) is 21.3 Å². The molecule has 2 N–H and O–H groups in total. The fraction of sp³-hybridized carbons (Fsp3) is 0.440. The van der Waals surface area contributed by atoms with E-state index in [0.29, 0.717) is 17.4 Å². The van der Waals surface area contributed by atoms with Crippen molar-refractivity contribution < 1.29 is 28.2 Å². The Kier molecular flexibility index (Phi) is 3.47. The molecule has 1 aromatic carbocycles. The predicted molar refractivity (Wildman–Crippen MR) is 119 cm³/mol. The maximum Gasteiger partial charge on any atom is 0.338 e. The molecule has 0 radical (unpaired) electrons. The van der Waals surface area contributed by atoms with Crippen molar-refractivity contribution in [1.82, 2.24) is 14.9 Å². The Morgan fingerprint density at radius 3 is 2.39 bits per heavy atom. The van der Waals surface area contributed by atoms with Crippen LogP contribution in [0.15, 0.2) is 40.8 Å². The molecule has 0 bridgehead atoms. The summed E-state index contributed by atoms with van der Waals surface area (Å²) < 4.78 is 35.4. The molecule has 36 heavy (non-hydrogen) atoms. The molecule has 1 atom stereocenters. The van der Waals surface area contributed by atoms with Gasteiger partial charge < -0.3 is 19.7 Å². The van der Waals surface area contributed by atoms with Gasteiger partial charge in [-0.1, -0.05) is 17.7 Å². The third-order valence-electron chi connectivity index (χ3n) is 10.3. The van der Waals surface area contributed by atoms with Gasteiger partial charge in [0, 0.05) is 36.1 Å². The molecular weight excluding hydrogens is 494 g/mol. The lowest BCUT2D eigenvalue weighted by atomic mass is 8.92. The minimum Gasteiger partial charge on any atom is -0.481 e. The molecule has 1 aromatic heterocycles. The van der Waals surface area contributed by atoms with Gasteiger partial charge in [-0.2, -0.15) is 0 Å². The van der Waals surface area contributed by atoms with Gasteiger partial charge in [0.2, 0.25) is 0 Å². The number of hydrogen-bond acceptors (Lipinski definition) is 6. The minimum atomic E-state index is -1.22. The summed E-state index contributed by atoms with van der Waals surface area (Å²) in [4.78, 5) is 34.4. The number of carbonyl (C=O) groups excluding carboxylic acids is 1. The highest BCUT2D eigenvalue weighted by Crippen LogP contribution is 3.11. The van der Waals surface area contributed by atoms with Gasteiger partial charge in [0.15, 0.2) is 23.3 Å². The number of allylic oxidation sites excluding steroid dienone is 1. The van der Waals surface area contributed by atoms with E-state index >= 15 is 0 Å². The number of nitrogens with zero attached hydrogens (tertiary/aromatic N) is 3. The quantitative estimate of drug-likeness (QED) is 0.471. The van der Waals surface area contributed by atoms with E-state index < -0.39 is 40.1 Å². The molecule has 8 nitrogen and oxygen atoms in total. The van der Waals surface area contributed by atoms with Gasteiger partial charge in [-0.15, -0.1) is 0 Å². The summed E-state index contributed by atoms with van der Waals surface area (Å²) in [6.45, 7) is 0. The third kappa shape index (κ3) is 1.72. The number of aliphatic imine (C=N–C) groups is 1. The zero-order valence-electron chi connectivity index (χ0n) is 19.0. The van der Waals surface area contributed by atoms with Gasteiger partial charge in [0.25, 0.3) is 0 Å². The van der Waals surface area contributed by atoms with E-state index in [-0.39, 0.29) is 52.1 Å². The number of benzene rings is 1. The topological polar surface area (TPSA) is 106 Å². The first kappa shape index (κ1) is 20.9. The molecule has 1 aliphatic heterocycles. The lowest BCUT2D eigenvalue weighted by molar-refractivity contribution is -0.633. The van der Waals surface area contributed by atoms with Crippen LogP contribution in [0.1, 0.15) is 17.4 Å². The molecule has 7 aliphatic rings. The molecule has 184 valence electrons. The van der Waals surface area contributed by atoms with Crippen LogP contribution in [-0.4, -0.2) is 39.5 Å². The van der Waals surface area contributed by atoms with Crippen molar-refractivity contribution in [2.75, 3.05) is 7.11 Å². The molecule has 0 unspecified atom stereocenters. The van der Waals surface area contributed by atoms with Crippen molar-refractivity contribution >= 4 is 29.4 Å². The average molecular weight is 513 g/mol. The normalized spacial score (nSPS) is 41.5. The molecule has 2 aromatic rings. The first-order valence-electron chi connectivity index (χ1n) is 11.8. The van der Waals surface area contributed by atoms with Gasteiger partial charge in [-0.05, 0) is 41.6 Å². The van der Waals surface area contributed by atoms with Crippen LogP contribution in [0.3, 0.4) is 0 Å². The highest BCUT2D eigenvalue weighted by molar-refractivity contribution is 6.31. The SMILES string of the molecule is COC(=O)C1=C(C23C4C5C2C2C3C4C52C(=O)O)NC(c2nccn2C)=N[C@H]1c1ccc(F)c(F)c1Cl. The Balaban J connectivity index is 1.32. The number of aryl methyl sites for hydroxylation is 1.